The van der Waals surface area contributed by atoms with Crippen molar-refractivity contribution in [2.45, 2.75) is 20.4 Å². The molecule has 3 aromatic rings. The Morgan fingerprint density at radius 3 is 2.74 bits per heavy atom. The molecule has 0 saturated carbocycles. The molecule has 1 aliphatic rings. The minimum absolute atomic E-state index is 0.166. The Balaban J connectivity index is 1.58. The largest absolute Gasteiger partial charge is 0.486 e. The lowest BCUT2D eigenvalue weighted by Crippen LogP contribution is -2.28. The summed E-state index contributed by atoms with van der Waals surface area (Å²) in [7, 11) is 0. The van der Waals surface area contributed by atoms with Gasteiger partial charge in [-0.1, -0.05) is 11.6 Å². The van der Waals surface area contributed by atoms with Crippen LogP contribution >= 0.6 is 22.9 Å². The van der Waals surface area contributed by atoms with Crippen molar-refractivity contribution in [2.75, 3.05) is 18.5 Å². The maximum Gasteiger partial charge on any atom is 0.262 e. The second-order valence-corrected chi connectivity index (χ2v) is 7.78. The molecule has 0 bridgehead atoms. The summed E-state index contributed by atoms with van der Waals surface area (Å²) in [4.78, 5) is 31.2. The van der Waals surface area contributed by atoms with E-state index in [1.165, 1.54) is 22.2 Å². The molecule has 1 aliphatic heterocycles. The van der Waals surface area contributed by atoms with Gasteiger partial charge in [0, 0.05) is 17.0 Å². The van der Waals surface area contributed by atoms with Crippen LogP contribution in [0, 0.1) is 13.8 Å². The molecule has 0 spiro atoms. The molecule has 1 aromatic carbocycles. The topological polar surface area (TPSA) is 82.5 Å². The zero-order chi connectivity index (χ0) is 19.1. The van der Waals surface area contributed by atoms with Crippen LogP contribution in [0.25, 0.3) is 10.2 Å². The van der Waals surface area contributed by atoms with Gasteiger partial charge in [0.05, 0.1) is 22.4 Å². The first kappa shape index (κ1) is 17.8. The van der Waals surface area contributed by atoms with Crippen molar-refractivity contribution in [3.05, 3.63) is 44.3 Å². The Hall–Kier alpha value is -2.58. The Morgan fingerprint density at radius 2 is 2.00 bits per heavy atom. The van der Waals surface area contributed by atoms with Crippen molar-refractivity contribution in [1.82, 2.24) is 9.55 Å². The molecule has 1 amide bonds. The van der Waals surface area contributed by atoms with Gasteiger partial charge in [0.15, 0.2) is 11.5 Å². The predicted octanol–water partition coefficient (Wildman–Crippen LogP) is 3.14. The lowest BCUT2D eigenvalue weighted by Gasteiger charge is -2.20. The summed E-state index contributed by atoms with van der Waals surface area (Å²) >= 11 is 7.68. The van der Waals surface area contributed by atoms with Crippen molar-refractivity contribution < 1.29 is 14.3 Å². The van der Waals surface area contributed by atoms with Crippen LogP contribution in [-0.2, 0) is 11.3 Å². The van der Waals surface area contributed by atoms with Crippen LogP contribution in [0.3, 0.4) is 0 Å². The third kappa shape index (κ3) is 3.26. The number of nitrogens with one attached hydrogen (secondary N) is 1. The molecule has 140 valence electrons. The van der Waals surface area contributed by atoms with Gasteiger partial charge in [-0.25, -0.2) is 4.98 Å². The molecular formula is C18H16ClN3O4S. The standard InChI is InChI=1S/C18H16ClN3O4S/c1-9-10(2)27-17-16(9)18(24)22(8-20-17)7-15(23)21-12-6-14-13(5-11(12)19)25-3-4-26-14/h5-6,8H,3-4,7H2,1-2H3,(H,21,23). The SMILES string of the molecule is Cc1sc2ncn(CC(=O)Nc3cc4c(cc3Cl)OCCO4)c(=O)c2c1C. The van der Waals surface area contributed by atoms with Gasteiger partial charge < -0.3 is 14.8 Å². The maximum atomic E-state index is 12.7. The maximum absolute atomic E-state index is 12.7. The molecule has 0 radical (unpaired) electrons. The number of aryl methyl sites for hydroxylation is 2. The summed E-state index contributed by atoms with van der Waals surface area (Å²) in [6.45, 7) is 4.55. The summed E-state index contributed by atoms with van der Waals surface area (Å²) < 4.78 is 12.3. The lowest BCUT2D eigenvalue weighted by molar-refractivity contribution is -0.116. The molecule has 4 rings (SSSR count). The van der Waals surface area contributed by atoms with Gasteiger partial charge in [-0.3, -0.25) is 14.2 Å². The Bertz CT molecular complexity index is 1120. The minimum Gasteiger partial charge on any atom is -0.486 e. The van der Waals surface area contributed by atoms with Crippen LogP contribution in [-0.4, -0.2) is 28.7 Å². The molecule has 0 aliphatic carbocycles. The summed E-state index contributed by atoms with van der Waals surface area (Å²) in [6.07, 6.45) is 1.39. The molecule has 9 heteroatoms. The lowest BCUT2D eigenvalue weighted by atomic mass is 10.2. The van der Waals surface area contributed by atoms with E-state index in [4.69, 9.17) is 21.1 Å². The summed E-state index contributed by atoms with van der Waals surface area (Å²) in [5.41, 5.74) is 1.07. The zero-order valence-electron chi connectivity index (χ0n) is 14.7. The van der Waals surface area contributed by atoms with Crippen LogP contribution in [0.4, 0.5) is 5.69 Å². The first-order chi connectivity index (χ1) is 12.9. The van der Waals surface area contributed by atoms with Gasteiger partial charge in [-0.15, -0.1) is 11.3 Å². The average Bonchev–Trinajstić information content (AvgIpc) is 2.93. The second-order valence-electron chi connectivity index (χ2n) is 6.16. The molecule has 27 heavy (non-hydrogen) atoms. The van der Waals surface area contributed by atoms with E-state index < -0.39 is 0 Å². The number of nitrogens with zero attached hydrogens (tertiary/aromatic N) is 2. The number of hydrogen-bond donors (Lipinski definition) is 1. The number of benzene rings is 1. The van der Waals surface area contributed by atoms with E-state index in [9.17, 15) is 9.59 Å². The number of aromatic nitrogens is 2. The van der Waals surface area contributed by atoms with Gasteiger partial charge in [0.2, 0.25) is 5.91 Å². The molecule has 0 fully saturated rings. The monoisotopic (exact) mass is 405 g/mol. The number of halogens is 1. The molecule has 2 aromatic heterocycles. The number of rotatable bonds is 3. The smallest absolute Gasteiger partial charge is 0.262 e. The number of hydrogen-bond acceptors (Lipinski definition) is 6. The molecule has 0 atom stereocenters. The van der Waals surface area contributed by atoms with Crippen molar-refractivity contribution in [3.8, 4) is 11.5 Å². The third-order valence-electron chi connectivity index (χ3n) is 4.38. The number of ether oxygens (including phenoxy) is 2. The molecule has 7 nitrogen and oxygen atoms in total. The normalized spacial score (nSPS) is 13.0. The van der Waals surface area contributed by atoms with Crippen molar-refractivity contribution in [1.29, 1.82) is 0 Å². The van der Waals surface area contributed by atoms with Crippen LogP contribution in [0.15, 0.2) is 23.3 Å². The highest BCUT2D eigenvalue weighted by atomic mass is 35.5. The fourth-order valence-electron chi connectivity index (χ4n) is 2.89. The van der Waals surface area contributed by atoms with Crippen LogP contribution < -0.4 is 20.3 Å². The van der Waals surface area contributed by atoms with Gasteiger partial charge in [-0.05, 0) is 19.4 Å². The van der Waals surface area contributed by atoms with E-state index in [-0.39, 0.29) is 18.0 Å². The van der Waals surface area contributed by atoms with Crippen molar-refractivity contribution >= 4 is 44.7 Å². The fourth-order valence-corrected chi connectivity index (χ4v) is 4.08. The number of anilines is 1. The van der Waals surface area contributed by atoms with Crippen LogP contribution in [0.5, 0.6) is 11.5 Å². The van der Waals surface area contributed by atoms with Crippen LogP contribution in [0.1, 0.15) is 10.4 Å². The van der Waals surface area contributed by atoms with Gasteiger partial charge >= 0.3 is 0 Å². The minimum atomic E-state index is -0.388. The van der Waals surface area contributed by atoms with Crippen molar-refractivity contribution in [3.63, 3.8) is 0 Å². The van der Waals surface area contributed by atoms with E-state index in [1.54, 1.807) is 12.1 Å². The first-order valence-corrected chi connectivity index (χ1v) is 9.47. The van der Waals surface area contributed by atoms with E-state index in [0.29, 0.717) is 45.6 Å². The van der Waals surface area contributed by atoms with Gasteiger partial charge in [0.1, 0.15) is 24.6 Å². The Kier molecular flexibility index (Phi) is 4.53. The number of fused-ring (bicyclic) bond motifs is 2. The Morgan fingerprint density at radius 1 is 1.30 bits per heavy atom. The second kappa shape index (κ2) is 6.86. The zero-order valence-corrected chi connectivity index (χ0v) is 16.2. The average molecular weight is 406 g/mol. The molecule has 0 unspecified atom stereocenters. The summed E-state index contributed by atoms with van der Waals surface area (Å²) in [6, 6.07) is 3.22. The van der Waals surface area contributed by atoms with E-state index in [0.717, 1.165) is 10.4 Å². The predicted molar refractivity (Wildman–Crippen MR) is 104 cm³/mol. The molecular weight excluding hydrogens is 390 g/mol. The van der Waals surface area contributed by atoms with Crippen LogP contribution in [0.2, 0.25) is 5.02 Å². The molecule has 0 saturated heterocycles. The van der Waals surface area contributed by atoms with Gasteiger partial charge in [0.25, 0.3) is 5.56 Å². The van der Waals surface area contributed by atoms with Crippen molar-refractivity contribution in [2.24, 2.45) is 0 Å². The molecule has 3 heterocycles. The highest BCUT2D eigenvalue weighted by Gasteiger charge is 2.18. The highest BCUT2D eigenvalue weighted by molar-refractivity contribution is 7.18. The number of amides is 1. The third-order valence-corrected chi connectivity index (χ3v) is 5.80. The van der Waals surface area contributed by atoms with E-state index >= 15 is 0 Å². The summed E-state index contributed by atoms with van der Waals surface area (Å²) in [5.74, 6) is 0.672. The fraction of sp³-hybridized carbons (Fsp3) is 0.278. The number of carbonyl (C=O) groups excluding carboxylic acids is 1. The Labute approximate surface area is 163 Å². The number of thiophene rings is 1. The molecule has 1 N–H and O–H groups in total. The quantitative estimate of drug-likeness (QED) is 0.723. The highest BCUT2D eigenvalue weighted by Crippen LogP contribution is 2.37. The van der Waals surface area contributed by atoms with Gasteiger partial charge in [-0.2, -0.15) is 0 Å². The first-order valence-electron chi connectivity index (χ1n) is 8.28. The number of carbonyl (C=O) groups is 1. The summed E-state index contributed by atoms with van der Waals surface area (Å²) in [5, 5.41) is 3.60. The van der Waals surface area contributed by atoms with E-state index in [1.807, 2.05) is 13.8 Å². The van der Waals surface area contributed by atoms with E-state index in [2.05, 4.69) is 10.3 Å².